The summed E-state index contributed by atoms with van der Waals surface area (Å²) >= 11 is 1.63. The molecule has 1 aliphatic heterocycles. The number of imidazole rings is 1. The maximum absolute atomic E-state index is 14.1. The molecule has 6 heteroatoms. The summed E-state index contributed by atoms with van der Waals surface area (Å²) in [5, 5.41) is 2.02. The molecule has 3 aromatic heterocycles. The second-order valence-electron chi connectivity index (χ2n) is 5.45. The Kier molecular flexibility index (Phi) is 3.15. The summed E-state index contributed by atoms with van der Waals surface area (Å²) in [4.78, 5) is 8.90. The fourth-order valence-electron chi connectivity index (χ4n) is 3.07. The molecule has 0 bridgehead atoms. The topological polar surface area (TPSA) is 39.9 Å². The summed E-state index contributed by atoms with van der Waals surface area (Å²) in [5.41, 5.74) is 2.73. The van der Waals surface area contributed by atoms with Crippen molar-refractivity contribution in [3.63, 3.8) is 0 Å². The average molecular weight is 305 g/mol. The van der Waals surface area contributed by atoms with Crippen molar-refractivity contribution in [1.29, 1.82) is 0 Å². The second kappa shape index (κ2) is 5.03. The Morgan fingerprint density at radius 2 is 2.38 bits per heavy atom. The first-order valence-corrected chi connectivity index (χ1v) is 8.09. The first-order chi connectivity index (χ1) is 10.3. The molecule has 1 unspecified atom stereocenters. The van der Waals surface area contributed by atoms with E-state index in [0.29, 0.717) is 12.4 Å². The van der Waals surface area contributed by atoms with Gasteiger partial charge in [-0.2, -0.15) is 0 Å². The molecule has 1 fully saturated rings. The minimum absolute atomic E-state index is 0.157. The van der Waals surface area contributed by atoms with E-state index in [1.165, 1.54) is 0 Å². The molecule has 0 radical (unpaired) electrons. The number of hydrogen-bond acceptors (Lipinski definition) is 4. The zero-order chi connectivity index (χ0) is 14.4. The average Bonchev–Trinajstić information content (AvgIpc) is 3.11. The van der Waals surface area contributed by atoms with Crippen molar-refractivity contribution in [3.05, 3.63) is 23.5 Å². The number of hydrogen-bond donors (Lipinski definition) is 0. The Labute approximate surface area is 125 Å². The molecule has 2 atom stereocenters. The number of aromatic nitrogens is 3. The van der Waals surface area contributed by atoms with E-state index in [0.717, 1.165) is 40.7 Å². The molecule has 0 aromatic carbocycles. The van der Waals surface area contributed by atoms with Crippen LogP contribution in [0.3, 0.4) is 0 Å². The molecule has 0 aliphatic carbocycles. The number of ether oxygens (including phenoxy) is 1. The van der Waals surface area contributed by atoms with Gasteiger partial charge in [0.25, 0.3) is 0 Å². The van der Waals surface area contributed by atoms with Crippen LogP contribution in [0.4, 0.5) is 4.39 Å². The third-order valence-electron chi connectivity index (χ3n) is 4.01. The van der Waals surface area contributed by atoms with E-state index in [1.807, 2.05) is 11.4 Å². The van der Waals surface area contributed by atoms with Gasteiger partial charge in [0.2, 0.25) is 0 Å². The summed E-state index contributed by atoms with van der Waals surface area (Å²) in [5.74, 6) is 0.489. The highest BCUT2D eigenvalue weighted by molar-refractivity contribution is 7.18. The third-order valence-corrected chi connectivity index (χ3v) is 4.92. The van der Waals surface area contributed by atoms with Gasteiger partial charge in [0.15, 0.2) is 6.17 Å². The zero-order valence-corrected chi connectivity index (χ0v) is 12.6. The van der Waals surface area contributed by atoms with Gasteiger partial charge in [-0.25, -0.2) is 9.37 Å². The van der Waals surface area contributed by atoms with Gasteiger partial charge in [0.1, 0.15) is 11.3 Å². The van der Waals surface area contributed by atoms with Gasteiger partial charge in [-0.15, -0.1) is 11.3 Å². The first kappa shape index (κ1) is 13.2. The summed E-state index contributed by atoms with van der Waals surface area (Å²) < 4.78 is 22.8. The van der Waals surface area contributed by atoms with Crippen LogP contribution in [0, 0.1) is 0 Å². The van der Waals surface area contributed by atoms with Gasteiger partial charge in [0.05, 0.1) is 34.6 Å². The standard InChI is InChI=1S/C15H16FN3OS/c1-9(16)15-18-12-7-17-11-4-6-21-14(11)13(12)19(15)10-3-2-5-20-8-10/h4,6-7,9-10H,2-3,5,8H2,1H3/t9?,10-/m0/s1. The lowest BCUT2D eigenvalue weighted by molar-refractivity contribution is 0.0584. The smallest absolute Gasteiger partial charge is 0.155 e. The molecule has 4 heterocycles. The highest BCUT2D eigenvalue weighted by Gasteiger charge is 2.26. The molecule has 4 rings (SSSR count). The van der Waals surface area contributed by atoms with Gasteiger partial charge in [-0.1, -0.05) is 0 Å². The van der Waals surface area contributed by atoms with E-state index >= 15 is 0 Å². The number of nitrogens with zero attached hydrogens (tertiary/aromatic N) is 3. The van der Waals surface area contributed by atoms with Crippen molar-refractivity contribution in [1.82, 2.24) is 14.5 Å². The molecule has 0 saturated carbocycles. The van der Waals surface area contributed by atoms with Crippen molar-refractivity contribution in [3.8, 4) is 0 Å². The van der Waals surface area contributed by atoms with Crippen LogP contribution >= 0.6 is 11.3 Å². The normalized spacial score (nSPS) is 21.1. The van der Waals surface area contributed by atoms with Crippen LogP contribution in [0.5, 0.6) is 0 Å². The zero-order valence-electron chi connectivity index (χ0n) is 11.8. The Bertz CT molecular complexity index is 789. The lowest BCUT2D eigenvalue weighted by Crippen LogP contribution is -2.23. The summed E-state index contributed by atoms with van der Waals surface area (Å²) in [7, 11) is 0. The molecule has 110 valence electrons. The minimum Gasteiger partial charge on any atom is -0.379 e. The van der Waals surface area contributed by atoms with Gasteiger partial charge in [-0.05, 0) is 31.2 Å². The van der Waals surface area contributed by atoms with Crippen LogP contribution in [0.2, 0.25) is 0 Å². The third kappa shape index (κ3) is 2.05. The quantitative estimate of drug-likeness (QED) is 0.717. The molecule has 3 aromatic rings. The molecule has 0 amide bonds. The fraction of sp³-hybridized carbons (Fsp3) is 0.467. The lowest BCUT2D eigenvalue weighted by atomic mass is 10.1. The predicted molar refractivity (Wildman–Crippen MR) is 81.5 cm³/mol. The van der Waals surface area contributed by atoms with E-state index in [4.69, 9.17) is 4.74 Å². The van der Waals surface area contributed by atoms with Crippen molar-refractivity contribution in [2.75, 3.05) is 13.2 Å². The van der Waals surface area contributed by atoms with Crippen LogP contribution in [-0.4, -0.2) is 27.7 Å². The van der Waals surface area contributed by atoms with Gasteiger partial charge in [-0.3, -0.25) is 4.98 Å². The van der Waals surface area contributed by atoms with Crippen molar-refractivity contribution < 1.29 is 9.13 Å². The van der Waals surface area contributed by atoms with E-state index in [9.17, 15) is 4.39 Å². The summed E-state index contributed by atoms with van der Waals surface area (Å²) in [6, 6.07) is 2.15. The monoisotopic (exact) mass is 305 g/mol. The Hall–Kier alpha value is -1.53. The van der Waals surface area contributed by atoms with E-state index in [1.54, 1.807) is 24.5 Å². The molecular weight excluding hydrogens is 289 g/mol. The van der Waals surface area contributed by atoms with Crippen molar-refractivity contribution >= 4 is 32.6 Å². The predicted octanol–water partition coefficient (Wildman–Crippen LogP) is 4.03. The first-order valence-electron chi connectivity index (χ1n) is 7.21. The molecule has 1 aliphatic rings. The number of halogens is 1. The summed E-state index contributed by atoms with van der Waals surface area (Å²) in [6.45, 7) is 2.96. The highest BCUT2D eigenvalue weighted by atomic mass is 32.1. The SMILES string of the molecule is CC(F)c1nc2cnc3ccsc3c2n1[C@H]1CCCOC1. The van der Waals surface area contributed by atoms with Gasteiger partial charge >= 0.3 is 0 Å². The van der Waals surface area contributed by atoms with E-state index in [-0.39, 0.29) is 6.04 Å². The Morgan fingerprint density at radius 1 is 1.48 bits per heavy atom. The van der Waals surface area contributed by atoms with E-state index in [2.05, 4.69) is 14.5 Å². The fourth-order valence-corrected chi connectivity index (χ4v) is 3.96. The number of thiophene rings is 1. The molecule has 1 saturated heterocycles. The maximum Gasteiger partial charge on any atom is 0.155 e. The maximum atomic E-state index is 14.1. The number of pyridine rings is 1. The van der Waals surface area contributed by atoms with Crippen molar-refractivity contribution in [2.24, 2.45) is 0 Å². The largest absolute Gasteiger partial charge is 0.379 e. The van der Waals surface area contributed by atoms with Gasteiger partial charge < -0.3 is 9.30 Å². The van der Waals surface area contributed by atoms with Crippen molar-refractivity contribution in [2.45, 2.75) is 32.0 Å². The summed E-state index contributed by atoms with van der Waals surface area (Å²) in [6.07, 6.45) is 2.65. The van der Waals surface area contributed by atoms with Crippen LogP contribution in [0.25, 0.3) is 21.3 Å². The van der Waals surface area contributed by atoms with E-state index < -0.39 is 6.17 Å². The van der Waals surface area contributed by atoms with Gasteiger partial charge in [0, 0.05) is 6.61 Å². The number of alkyl halides is 1. The lowest BCUT2D eigenvalue weighted by Gasteiger charge is -2.26. The number of fused-ring (bicyclic) bond motifs is 3. The van der Waals surface area contributed by atoms with Crippen LogP contribution in [0.1, 0.15) is 37.8 Å². The van der Waals surface area contributed by atoms with Crippen LogP contribution < -0.4 is 0 Å². The van der Waals surface area contributed by atoms with Crippen LogP contribution in [0.15, 0.2) is 17.6 Å². The molecule has 21 heavy (non-hydrogen) atoms. The molecular formula is C15H16FN3OS. The highest BCUT2D eigenvalue weighted by Crippen LogP contribution is 2.35. The minimum atomic E-state index is -1.10. The molecule has 4 nitrogen and oxygen atoms in total. The van der Waals surface area contributed by atoms with Crippen LogP contribution in [-0.2, 0) is 4.74 Å². The Balaban J connectivity index is 2.03. The molecule has 0 N–H and O–H groups in total. The molecule has 0 spiro atoms. The Morgan fingerprint density at radius 3 is 3.14 bits per heavy atom. The second-order valence-corrected chi connectivity index (χ2v) is 6.37. The number of rotatable bonds is 2.